The van der Waals surface area contributed by atoms with Crippen LogP contribution in [0, 0.1) is 17.2 Å². The van der Waals surface area contributed by atoms with E-state index in [0.717, 1.165) is 6.54 Å². The molecule has 4 rings (SSSR count). The summed E-state index contributed by atoms with van der Waals surface area (Å²) >= 11 is 0. The van der Waals surface area contributed by atoms with Crippen LogP contribution in [0.2, 0.25) is 0 Å². The summed E-state index contributed by atoms with van der Waals surface area (Å²) in [6, 6.07) is 5.04. The zero-order chi connectivity index (χ0) is 21.1. The fraction of sp³-hybridized carbons (Fsp3) is 0.476. The van der Waals surface area contributed by atoms with Crippen molar-refractivity contribution < 1.29 is 9.53 Å². The summed E-state index contributed by atoms with van der Waals surface area (Å²) in [6.45, 7) is 0.797. The van der Waals surface area contributed by atoms with Crippen molar-refractivity contribution in [2.75, 3.05) is 31.3 Å². The van der Waals surface area contributed by atoms with Gasteiger partial charge in [0.15, 0.2) is 5.69 Å². The van der Waals surface area contributed by atoms with Crippen molar-refractivity contribution in [3.05, 3.63) is 35.9 Å². The Morgan fingerprint density at radius 2 is 1.93 bits per heavy atom. The molecule has 0 aromatic carbocycles. The third kappa shape index (κ3) is 4.19. The van der Waals surface area contributed by atoms with E-state index in [4.69, 9.17) is 10.00 Å². The van der Waals surface area contributed by atoms with Crippen LogP contribution >= 0.6 is 0 Å². The number of rotatable bonds is 6. The van der Waals surface area contributed by atoms with E-state index in [0.29, 0.717) is 40.9 Å². The summed E-state index contributed by atoms with van der Waals surface area (Å²) in [5.74, 6) is 1.12. The molecule has 2 N–H and O–H groups in total. The number of pyridine rings is 1. The highest BCUT2D eigenvalue weighted by Gasteiger charge is 2.38. The summed E-state index contributed by atoms with van der Waals surface area (Å²) in [5, 5.41) is 15.3. The highest BCUT2D eigenvalue weighted by Crippen LogP contribution is 2.37. The van der Waals surface area contributed by atoms with Gasteiger partial charge in [-0.15, -0.1) is 0 Å². The van der Waals surface area contributed by atoms with Gasteiger partial charge in [-0.3, -0.25) is 0 Å². The maximum Gasteiger partial charge on any atom is 0.341 e. The lowest BCUT2D eigenvalue weighted by Gasteiger charge is -2.36. The Balaban J connectivity index is 1.48. The summed E-state index contributed by atoms with van der Waals surface area (Å²) in [5.41, 5.74) is 1.31. The van der Waals surface area contributed by atoms with E-state index < -0.39 is 5.97 Å². The molecule has 0 spiro atoms. The minimum absolute atomic E-state index is 0.240. The van der Waals surface area contributed by atoms with E-state index in [1.54, 1.807) is 6.07 Å². The molecule has 2 unspecified atom stereocenters. The highest BCUT2D eigenvalue weighted by molar-refractivity contribution is 5.95. The van der Waals surface area contributed by atoms with Gasteiger partial charge in [0.05, 0.1) is 25.2 Å². The Morgan fingerprint density at radius 1 is 1.20 bits per heavy atom. The van der Waals surface area contributed by atoms with Gasteiger partial charge >= 0.3 is 5.97 Å². The van der Waals surface area contributed by atoms with E-state index >= 15 is 0 Å². The second-order valence-corrected chi connectivity index (χ2v) is 7.90. The summed E-state index contributed by atoms with van der Waals surface area (Å²) < 4.78 is 4.91. The largest absolute Gasteiger partial charge is 0.465 e. The van der Waals surface area contributed by atoms with Crippen molar-refractivity contribution in [3.63, 3.8) is 0 Å². The second-order valence-electron chi connectivity index (χ2n) is 7.90. The predicted molar refractivity (Wildman–Crippen MR) is 111 cm³/mol. The number of methoxy groups -OCH3 is 1. The third-order valence-corrected chi connectivity index (χ3v) is 6.11. The fourth-order valence-electron chi connectivity index (χ4n) is 4.47. The lowest BCUT2D eigenvalue weighted by molar-refractivity contribution is 0.0601. The molecule has 0 aliphatic carbocycles. The fourth-order valence-corrected chi connectivity index (χ4v) is 4.47. The summed E-state index contributed by atoms with van der Waals surface area (Å²) in [4.78, 5) is 27.1. The first-order valence-electron chi connectivity index (χ1n) is 10.1. The van der Waals surface area contributed by atoms with Crippen LogP contribution in [-0.2, 0) is 4.74 Å². The Kier molecular flexibility index (Phi) is 5.77. The Morgan fingerprint density at radius 3 is 2.57 bits per heavy atom. The number of nitrogens with zero attached hydrogens (tertiary/aromatic N) is 5. The van der Waals surface area contributed by atoms with Crippen molar-refractivity contribution in [3.8, 4) is 6.07 Å². The number of nitrogens with one attached hydrogen (secondary N) is 2. The van der Waals surface area contributed by atoms with Gasteiger partial charge in [-0.1, -0.05) is 0 Å². The van der Waals surface area contributed by atoms with Crippen molar-refractivity contribution in [1.82, 2.24) is 19.9 Å². The Labute approximate surface area is 175 Å². The summed E-state index contributed by atoms with van der Waals surface area (Å²) in [7, 11) is 3.59. The van der Waals surface area contributed by atoms with Crippen molar-refractivity contribution in [1.29, 1.82) is 5.26 Å². The SMILES string of the molecule is COC(=O)c1cnc(Nc2cnc(C#N)cn2)cc1NCC1CC2CCC(C1)N2C. The van der Waals surface area contributed by atoms with Gasteiger partial charge in [0.2, 0.25) is 0 Å². The third-order valence-electron chi connectivity index (χ3n) is 6.11. The molecule has 2 fully saturated rings. The maximum absolute atomic E-state index is 12.2. The molecule has 9 heteroatoms. The molecule has 0 saturated carbocycles. The van der Waals surface area contributed by atoms with E-state index in [1.807, 2.05) is 6.07 Å². The maximum atomic E-state index is 12.2. The number of nitriles is 1. The molecule has 2 aromatic heterocycles. The van der Waals surface area contributed by atoms with E-state index in [9.17, 15) is 4.79 Å². The van der Waals surface area contributed by atoms with E-state index in [-0.39, 0.29) is 5.69 Å². The molecule has 0 amide bonds. The number of carbonyl (C=O) groups is 1. The molecule has 156 valence electrons. The topological polar surface area (TPSA) is 116 Å². The van der Waals surface area contributed by atoms with Crippen LogP contribution in [0.1, 0.15) is 41.7 Å². The van der Waals surface area contributed by atoms with Crippen LogP contribution in [0.25, 0.3) is 0 Å². The van der Waals surface area contributed by atoms with Crippen LogP contribution in [0.3, 0.4) is 0 Å². The number of carbonyl (C=O) groups excluding carboxylic acids is 1. The number of hydrogen-bond acceptors (Lipinski definition) is 9. The van der Waals surface area contributed by atoms with Crippen molar-refractivity contribution in [2.24, 2.45) is 5.92 Å². The quantitative estimate of drug-likeness (QED) is 0.697. The van der Waals surface area contributed by atoms with Crippen LogP contribution < -0.4 is 10.6 Å². The van der Waals surface area contributed by atoms with Gasteiger partial charge in [-0.2, -0.15) is 5.26 Å². The lowest BCUT2D eigenvalue weighted by Crippen LogP contribution is -2.41. The molecule has 2 aliphatic rings. The molecule has 30 heavy (non-hydrogen) atoms. The molecule has 2 aromatic rings. The molecular weight excluding hydrogens is 382 g/mol. The van der Waals surface area contributed by atoms with Crippen molar-refractivity contribution in [2.45, 2.75) is 37.8 Å². The number of ether oxygens (including phenoxy) is 1. The van der Waals surface area contributed by atoms with Crippen LogP contribution in [-0.4, -0.2) is 58.6 Å². The Hall–Kier alpha value is -3.25. The molecule has 4 heterocycles. The normalized spacial score (nSPS) is 22.9. The van der Waals surface area contributed by atoms with Gasteiger partial charge < -0.3 is 20.3 Å². The summed E-state index contributed by atoms with van der Waals surface area (Å²) in [6.07, 6.45) is 9.25. The number of piperidine rings is 1. The number of hydrogen-bond donors (Lipinski definition) is 2. The molecule has 2 atom stereocenters. The first-order chi connectivity index (χ1) is 14.6. The first kappa shape index (κ1) is 20.0. The van der Waals surface area contributed by atoms with Gasteiger partial charge in [0.1, 0.15) is 23.3 Å². The Bertz CT molecular complexity index is 943. The molecule has 2 bridgehead atoms. The van der Waals surface area contributed by atoms with Gasteiger partial charge in [0, 0.05) is 30.9 Å². The monoisotopic (exact) mass is 407 g/mol. The van der Waals surface area contributed by atoms with Crippen molar-refractivity contribution >= 4 is 23.3 Å². The molecule has 2 aliphatic heterocycles. The average Bonchev–Trinajstić information content (AvgIpc) is 2.98. The van der Waals surface area contributed by atoms with Crippen LogP contribution in [0.4, 0.5) is 17.3 Å². The zero-order valence-electron chi connectivity index (χ0n) is 17.1. The number of esters is 1. The standard InChI is InChI=1S/C21H25N7O2/c1-28-15-3-4-16(28)6-13(5-15)9-24-18-7-19(26-11-17(18)21(29)30-2)27-20-12-23-14(8-22)10-25-20/h7,10-13,15-16H,3-6,9H2,1-2H3,(H2,24,25,26,27). The zero-order valence-corrected chi connectivity index (χ0v) is 17.1. The van der Waals surface area contributed by atoms with Gasteiger partial charge in [-0.25, -0.2) is 19.7 Å². The highest BCUT2D eigenvalue weighted by atomic mass is 16.5. The van der Waals surface area contributed by atoms with E-state index in [1.165, 1.54) is 51.4 Å². The van der Waals surface area contributed by atoms with Crippen LogP contribution in [0.15, 0.2) is 24.7 Å². The smallest absolute Gasteiger partial charge is 0.341 e. The lowest BCUT2D eigenvalue weighted by atomic mass is 9.91. The molecular formula is C21H25N7O2. The van der Waals surface area contributed by atoms with Crippen LogP contribution in [0.5, 0.6) is 0 Å². The second kappa shape index (κ2) is 8.63. The number of anilines is 3. The minimum atomic E-state index is -0.432. The molecule has 9 nitrogen and oxygen atoms in total. The van der Waals surface area contributed by atoms with E-state index in [2.05, 4.69) is 37.5 Å². The first-order valence-corrected chi connectivity index (χ1v) is 10.1. The number of fused-ring (bicyclic) bond motifs is 2. The molecule has 2 saturated heterocycles. The minimum Gasteiger partial charge on any atom is -0.465 e. The van der Waals surface area contributed by atoms with Gasteiger partial charge in [0.25, 0.3) is 0 Å². The number of aromatic nitrogens is 3. The van der Waals surface area contributed by atoms with Gasteiger partial charge in [-0.05, 0) is 38.6 Å². The predicted octanol–water partition coefficient (Wildman–Crippen LogP) is 2.56. The average molecular weight is 407 g/mol. The molecule has 0 radical (unpaired) electrons.